The normalized spacial score (nSPS) is 12.1. The van der Waals surface area contributed by atoms with E-state index >= 15 is 0 Å². The van der Waals surface area contributed by atoms with Crippen LogP contribution in [0, 0.1) is 0 Å². The monoisotopic (exact) mass is 293 g/mol. The lowest BCUT2D eigenvalue weighted by Crippen LogP contribution is -2.29. The van der Waals surface area contributed by atoms with Gasteiger partial charge in [0.1, 0.15) is 0 Å². The molecule has 0 aliphatic carbocycles. The molecule has 0 saturated heterocycles. The number of carbonyl (C=O) groups excluding carboxylic acids is 1. The predicted octanol–water partition coefficient (Wildman–Crippen LogP) is 4.21. The molecule has 19 heavy (non-hydrogen) atoms. The molecule has 100 valence electrons. The summed E-state index contributed by atoms with van der Waals surface area (Å²) in [5.74, 6) is 0.0595. The predicted molar refractivity (Wildman–Crippen MR) is 80.6 cm³/mol. The van der Waals surface area contributed by atoms with Gasteiger partial charge in [-0.3, -0.25) is 4.79 Å². The van der Waals surface area contributed by atoms with Crippen molar-refractivity contribution in [3.63, 3.8) is 0 Å². The highest BCUT2D eigenvalue weighted by Crippen LogP contribution is 2.19. The van der Waals surface area contributed by atoms with E-state index in [4.69, 9.17) is 11.6 Å². The van der Waals surface area contributed by atoms with Gasteiger partial charge in [-0.2, -0.15) is 0 Å². The lowest BCUT2D eigenvalue weighted by molar-refractivity contribution is -0.121. The molecule has 4 heteroatoms. The SMILES string of the molecule is CC[C@H](NC(=O)Cc1cccs1)c1ccc(Cl)cc1. The zero-order chi connectivity index (χ0) is 13.7. The van der Waals surface area contributed by atoms with Crippen LogP contribution in [0.4, 0.5) is 0 Å². The minimum atomic E-state index is 0.0460. The van der Waals surface area contributed by atoms with Gasteiger partial charge in [-0.05, 0) is 35.6 Å². The first kappa shape index (κ1) is 14.1. The fourth-order valence-electron chi connectivity index (χ4n) is 1.93. The summed E-state index contributed by atoms with van der Waals surface area (Å²) in [4.78, 5) is 13.1. The molecule has 0 saturated carbocycles. The van der Waals surface area contributed by atoms with Crippen molar-refractivity contribution in [2.75, 3.05) is 0 Å². The fourth-order valence-corrected chi connectivity index (χ4v) is 2.76. The Kier molecular flexibility index (Phi) is 5.00. The lowest BCUT2D eigenvalue weighted by Gasteiger charge is -2.17. The molecule has 1 N–H and O–H groups in total. The molecular formula is C15H16ClNOS. The summed E-state index contributed by atoms with van der Waals surface area (Å²) in [6, 6.07) is 11.6. The number of thiophene rings is 1. The largest absolute Gasteiger partial charge is 0.349 e. The van der Waals surface area contributed by atoms with Crippen molar-refractivity contribution < 1.29 is 4.79 Å². The van der Waals surface area contributed by atoms with E-state index in [-0.39, 0.29) is 11.9 Å². The Bertz CT molecular complexity index is 522. The number of amides is 1. The maximum atomic E-state index is 12.0. The molecule has 0 aliphatic heterocycles. The van der Waals surface area contributed by atoms with Gasteiger partial charge in [-0.25, -0.2) is 0 Å². The van der Waals surface area contributed by atoms with Crippen LogP contribution >= 0.6 is 22.9 Å². The van der Waals surface area contributed by atoms with Crippen LogP contribution in [0.5, 0.6) is 0 Å². The lowest BCUT2D eigenvalue weighted by atomic mass is 10.0. The Labute approximate surface area is 122 Å². The molecule has 2 rings (SSSR count). The molecule has 2 aromatic rings. The number of halogens is 1. The zero-order valence-corrected chi connectivity index (χ0v) is 12.3. The minimum Gasteiger partial charge on any atom is -0.349 e. The Hall–Kier alpha value is -1.32. The summed E-state index contributed by atoms with van der Waals surface area (Å²) in [5, 5.41) is 5.76. The van der Waals surface area contributed by atoms with E-state index in [0.717, 1.165) is 16.9 Å². The second-order valence-electron chi connectivity index (χ2n) is 4.34. The van der Waals surface area contributed by atoms with Crippen LogP contribution in [0.15, 0.2) is 41.8 Å². The zero-order valence-electron chi connectivity index (χ0n) is 10.7. The number of nitrogens with one attached hydrogen (secondary N) is 1. The van der Waals surface area contributed by atoms with E-state index in [0.29, 0.717) is 11.4 Å². The average Bonchev–Trinajstić information content (AvgIpc) is 2.90. The number of hydrogen-bond acceptors (Lipinski definition) is 2. The van der Waals surface area contributed by atoms with Crippen molar-refractivity contribution in [2.24, 2.45) is 0 Å². The van der Waals surface area contributed by atoms with Gasteiger partial charge in [0.2, 0.25) is 5.91 Å². The molecule has 2 nitrogen and oxygen atoms in total. The molecule has 0 spiro atoms. The highest BCUT2D eigenvalue weighted by molar-refractivity contribution is 7.10. The van der Waals surface area contributed by atoms with Crippen molar-refractivity contribution in [3.05, 3.63) is 57.2 Å². The molecule has 1 aromatic carbocycles. The van der Waals surface area contributed by atoms with E-state index < -0.39 is 0 Å². The van der Waals surface area contributed by atoms with Gasteiger partial charge in [0, 0.05) is 9.90 Å². The molecular weight excluding hydrogens is 278 g/mol. The van der Waals surface area contributed by atoms with Gasteiger partial charge in [0.05, 0.1) is 12.5 Å². The van der Waals surface area contributed by atoms with Gasteiger partial charge < -0.3 is 5.32 Å². The highest BCUT2D eigenvalue weighted by atomic mass is 35.5. The Morgan fingerprint density at radius 3 is 2.63 bits per heavy atom. The van der Waals surface area contributed by atoms with E-state index in [1.165, 1.54) is 0 Å². The molecule has 0 fully saturated rings. The van der Waals surface area contributed by atoms with Crippen LogP contribution in [0.1, 0.15) is 29.8 Å². The summed E-state index contributed by atoms with van der Waals surface area (Å²) >= 11 is 7.48. The van der Waals surface area contributed by atoms with Gasteiger partial charge in [-0.15, -0.1) is 11.3 Å². The molecule has 1 atom stereocenters. The van der Waals surface area contributed by atoms with Crippen LogP contribution in [0.2, 0.25) is 5.02 Å². The summed E-state index contributed by atoms with van der Waals surface area (Å²) in [7, 11) is 0. The first-order valence-corrected chi connectivity index (χ1v) is 7.52. The quantitative estimate of drug-likeness (QED) is 0.879. The number of carbonyl (C=O) groups is 1. The molecule has 0 unspecified atom stereocenters. The van der Waals surface area contributed by atoms with Crippen molar-refractivity contribution in [3.8, 4) is 0 Å². The van der Waals surface area contributed by atoms with Crippen molar-refractivity contribution in [1.82, 2.24) is 5.32 Å². The Morgan fingerprint density at radius 2 is 2.05 bits per heavy atom. The summed E-state index contributed by atoms with van der Waals surface area (Å²) in [6.07, 6.45) is 1.31. The second-order valence-corrected chi connectivity index (χ2v) is 5.80. The molecule has 0 radical (unpaired) electrons. The van der Waals surface area contributed by atoms with Crippen LogP contribution in [-0.2, 0) is 11.2 Å². The third-order valence-electron chi connectivity index (χ3n) is 2.93. The average molecular weight is 294 g/mol. The fraction of sp³-hybridized carbons (Fsp3) is 0.267. The smallest absolute Gasteiger partial charge is 0.225 e. The van der Waals surface area contributed by atoms with Crippen LogP contribution in [0.25, 0.3) is 0 Å². The first-order chi connectivity index (χ1) is 9.19. The molecule has 1 aromatic heterocycles. The first-order valence-electron chi connectivity index (χ1n) is 6.26. The van der Waals surface area contributed by atoms with Crippen LogP contribution in [-0.4, -0.2) is 5.91 Å². The third-order valence-corrected chi connectivity index (χ3v) is 4.06. The summed E-state index contributed by atoms with van der Waals surface area (Å²) in [6.45, 7) is 2.06. The van der Waals surface area contributed by atoms with Crippen LogP contribution in [0.3, 0.4) is 0 Å². The summed E-state index contributed by atoms with van der Waals surface area (Å²) in [5.41, 5.74) is 1.09. The molecule has 0 bridgehead atoms. The maximum Gasteiger partial charge on any atom is 0.225 e. The van der Waals surface area contributed by atoms with E-state index in [1.54, 1.807) is 11.3 Å². The van der Waals surface area contributed by atoms with E-state index in [1.807, 2.05) is 41.8 Å². The number of hydrogen-bond donors (Lipinski definition) is 1. The molecule has 1 heterocycles. The number of rotatable bonds is 5. The second kappa shape index (κ2) is 6.73. The van der Waals surface area contributed by atoms with Gasteiger partial charge in [0.15, 0.2) is 0 Å². The Balaban J connectivity index is 1.98. The van der Waals surface area contributed by atoms with Gasteiger partial charge in [-0.1, -0.05) is 36.7 Å². The standard InChI is InChI=1S/C15H16ClNOS/c1-2-14(11-5-7-12(16)8-6-11)17-15(18)10-13-4-3-9-19-13/h3-9,14H,2,10H2,1H3,(H,17,18)/t14-/m0/s1. The van der Waals surface area contributed by atoms with E-state index in [2.05, 4.69) is 12.2 Å². The van der Waals surface area contributed by atoms with Crippen molar-refractivity contribution in [1.29, 1.82) is 0 Å². The molecule has 0 aliphatic rings. The maximum absolute atomic E-state index is 12.0. The van der Waals surface area contributed by atoms with Gasteiger partial charge in [0.25, 0.3) is 0 Å². The van der Waals surface area contributed by atoms with E-state index in [9.17, 15) is 4.79 Å². The third kappa shape index (κ3) is 4.08. The highest BCUT2D eigenvalue weighted by Gasteiger charge is 2.13. The Morgan fingerprint density at radius 1 is 1.32 bits per heavy atom. The van der Waals surface area contributed by atoms with Crippen molar-refractivity contribution in [2.45, 2.75) is 25.8 Å². The molecule has 1 amide bonds. The summed E-state index contributed by atoms with van der Waals surface area (Å²) < 4.78 is 0. The topological polar surface area (TPSA) is 29.1 Å². The number of benzene rings is 1. The van der Waals surface area contributed by atoms with Gasteiger partial charge >= 0.3 is 0 Å². The minimum absolute atomic E-state index is 0.0460. The van der Waals surface area contributed by atoms with Crippen LogP contribution < -0.4 is 5.32 Å². The van der Waals surface area contributed by atoms with Crippen molar-refractivity contribution >= 4 is 28.8 Å².